The second-order valence-corrected chi connectivity index (χ2v) is 3.82. The van der Waals surface area contributed by atoms with Crippen LogP contribution in [-0.2, 0) is 11.3 Å². The molecule has 12 heavy (non-hydrogen) atoms. The first-order chi connectivity index (χ1) is 5.77. The highest BCUT2D eigenvalue weighted by molar-refractivity contribution is 14.1. The van der Waals surface area contributed by atoms with Crippen LogP contribution in [-0.4, -0.2) is 22.3 Å². The van der Waals surface area contributed by atoms with Gasteiger partial charge in [-0.1, -0.05) is 0 Å². The summed E-state index contributed by atoms with van der Waals surface area (Å²) in [6, 6.07) is 0. The quantitative estimate of drug-likeness (QED) is 0.575. The highest BCUT2D eigenvalue weighted by Gasteiger charge is 2.23. The maximum atomic E-state index is 11.4. The predicted molar refractivity (Wildman–Crippen MR) is 51.0 cm³/mol. The van der Waals surface area contributed by atoms with Crippen LogP contribution in [0.5, 0.6) is 0 Å². The normalized spacial score (nSPS) is 20.9. The van der Waals surface area contributed by atoms with E-state index in [9.17, 15) is 4.79 Å². The van der Waals surface area contributed by atoms with E-state index in [1.165, 1.54) is 0 Å². The molecule has 1 atom stereocenters. The summed E-state index contributed by atoms with van der Waals surface area (Å²) in [6.45, 7) is 1.39. The van der Waals surface area contributed by atoms with E-state index >= 15 is 0 Å². The van der Waals surface area contributed by atoms with Gasteiger partial charge in [-0.05, 0) is 22.6 Å². The van der Waals surface area contributed by atoms with Gasteiger partial charge in [0.25, 0.3) is 5.56 Å². The number of rotatable bonds is 2. The SMILES string of the molecule is O=c1c(I)cncn1CC1CO1. The molecule has 5 heteroatoms. The summed E-state index contributed by atoms with van der Waals surface area (Å²) < 4.78 is 7.25. The van der Waals surface area contributed by atoms with Gasteiger partial charge < -0.3 is 4.74 Å². The molecule has 0 aromatic carbocycles. The third kappa shape index (κ3) is 1.66. The van der Waals surface area contributed by atoms with Gasteiger partial charge in [-0.25, -0.2) is 4.98 Å². The van der Waals surface area contributed by atoms with Crippen molar-refractivity contribution in [3.8, 4) is 0 Å². The molecule has 1 aliphatic rings. The molecule has 0 saturated carbocycles. The standard InChI is InChI=1S/C7H7IN2O2/c8-6-1-9-4-10(7(6)11)2-5-3-12-5/h1,4-5H,2-3H2. The van der Waals surface area contributed by atoms with E-state index in [1.807, 2.05) is 22.6 Å². The molecule has 2 rings (SSSR count). The fourth-order valence-electron chi connectivity index (χ4n) is 0.947. The second-order valence-electron chi connectivity index (χ2n) is 2.65. The molecule has 1 unspecified atom stereocenters. The monoisotopic (exact) mass is 278 g/mol. The molecule has 1 fully saturated rings. The Kier molecular flexibility index (Phi) is 2.14. The third-order valence-electron chi connectivity index (χ3n) is 1.66. The Bertz CT molecular complexity index is 346. The predicted octanol–water partition coefficient (Wildman–Crippen LogP) is 0.247. The Labute approximate surface area is 82.7 Å². The first kappa shape index (κ1) is 8.18. The number of nitrogens with zero attached hydrogens (tertiary/aromatic N) is 2. The highest BCUT2D eigenvalue weighted by atomic mass is 127. The number of epoxide rings is 1. The molecule has 1 aromatic heterocycles. The Hall–Kier alpha value is -0.430. The number of hydrogen-bond acceptors (Lipinski definition) is 3. The van der Waals surface area contributed by atoms with Gasteiger partial charge in [0.2, 0.25) is 0 Å². The minimum absolute atomic E-state index is 0.0149. The molecule has 1 aliphatic heterocycles. The third-order valence-corrected chi connectivity index (χ3v) is 2.40. The molecular formula is C7H7IN2O2. The molecule has 0 radical (unpaired) electrons. The van der Waals surface area contributed by atoms with Gasteiger partial charge in [-0.3, -0.25) is 9.36 Å². The first-order valence-electron chi connectivity index (χ1n) is 3.59. The lowest BCUT2D eigenvalue weighted by atomic mass is 10.4. The Morgan fingerprint density at radius 2 is 2.58 bits per heavy atom. The summed E-state index contributed by atoms with van der Waals surface area (Å²) in [5, 5.41) is 0. The largest absolute Gasteiger partial charge is 0.371 e. The van der Waals surface area contributed by atoms with Crippen LogP contribution in [0.2, 0.25) is 0 Å². The lowest BCUT2D eigenvalue weighted by Crippen LogP contribution is -2.24. The van der Waals surface area contributed by atoms with Gasteiger partial charge in [0.15, 0.2) is 0 Å². The molecule has 0 amide bonds. The van der Waals surface area contributed by atoms with Crippen molar-refractivity contribution in [1.82, 2.24) is 9.55 Å². The van der Waals surface area contributed by atoms with E-state index in [-0.39, 0.29) is 11.7 Å². The molecular weight excluding hydrogens is 271 g/mol. The number of ether oxygens (including phenoxy) is 1. The zero-order valence-corrected chi connectivity index (χ0v) is 8.39. The van der Waals surface area contributed by atoms with Crippen LogP contribution in [0.3, 0.4) is 0 Å². The van der Waals surface area contributed by atoms with Crippen molar-refractivity contribution in [2.24, 2.45) is 0 Å². The van der Waals surface area contributed by atoms with E-state index in [0.717, 1.165) is 6.61 Å². The maximum Gasteiger partial charge on any atom is 0.266 e. The zero-order chi connectivity index (χ0) is 8.55. The Balaban J connectivity index is 2.29. The van der Waals surface area contributed by atoms with Gasteiger partial charge in [0, 0.05) is 6.20 Å². The smallest absolute Gasteiger partial charge is 0.266 e. The summed E-state index contributed by atoms with van der Waals surface area (Å²) in [5.74, 6) is 0. The number of hydrogen-bond donors (Lipinski definition) is 0. The minimum atomic E-state index is 0.0149. The molecule has 0 aliphatic carbocycles. The van der Waals surface area contributed by atoms with Gasteiger partial charge in [-0.15, -0.1) is 0 Å². The molecule has 0 bridgehead atoms. The summed E-state index contributed by atoms with van der Waals surface area (Å²) in [5.41, 5.74) is 0.0149. The van der Waals surface area contributed by atoms with Crippen molar-refractivity contribution in [3.05, 3.63) is 26.4 Å². The van der Waals surface area contributed by atoms with Gasteiger partial charge in [-0.2, -0.15) is 0 Å². The van der Waals surface area contributed by atoms with E-state index in [2.05, 4.69) is 4.98 Å². The van der Waals surface area contributed by atoms with Crippen LogP contribution in [0, 0.1) is 3.57 Å². The van der Waals surface area contributed by atoms with Crippen molar-refractivity contribution >= 4 is 22.6 Å². The van der Waals surface area contributed by atoms with Crippen LogP contribution < -0.4 is 5.56 Å². The first-order valence-corrected chi connectivity index (χ1v) is 4.67. The van der Waals surface area contributed by atoms with E-state index < -0.39 is 0 Å². The maximum absolute atomic E-state index is 11.4. The van der Waals surface area contributed by atoms with Crippen molar-refractivity contribution < 1.29 is 4.74 Å². The zero-order valence-electron chi connectivity index (χ0n) is 6.24. The van der Waals surface area contributed by atoms with Gasteiger partial charge >= 0.3 is 0 Å². The fraction of sp³-hybridized carbons (Fsp3) is 0.429. The number of aromatic nitrogens is 2. The van der Waals surface area contributed by atoms with Crippen LogP contribution in [0.15, 0.2) is 17.3 Å². The van der Waals surface area contributed by atoms with Crippen LogP contribution in [0.25, 0.3) is 0 Å². The molecule has 64 valence electrons. The van der Waals surface area contributed by atoms with Gasteiger partial charge in [0.05, 0.1) is 29.2 Å². The minimum Gasteiger partial charge on any atom is -0.371 e. The van der Waals surface area contributed by atoms with Crippen LogP contribution >= 0.6 is 22.6 Å². The van der Waals surface area contributed by atoms with E-state index in [1.54, 1.807) is 17.1 Å². The fourth-order valence-corrected chi connectivity index (χ4v) is 1.42. The topological polar surface area (TPSA) is 47.4 Å². The van der Waals surface area contributed by atoms with Gasteiger partial charge in [0.1, 0.15) is 0 Å². The Morgan fingerprint density at radius 1 is 1.83 bits per heavy atom. The van der Waals surface area contributed by atoms with E-state index in [0.29, 0.717) is 10.1 Å². The molecule has 1 aromatic rings. The average Bonchev–Trinajstić information content (AvgIpc) is 2.83. The second kappa shape index (κ2) is 3.14. The molecule has 1 saturated heterocycles. The summed E-state index contributed by atoms with van der Waals surface area (Å²) in [6.07, 6.45) is 3.34. The summed E-state index contributed by atoms with van der Waals surface area (Å²) >= 11 is 1.98. The summed E-state index contributed by atoms with van der Waals surface area (Å²) in [4.78, 5) is 15.3. The van der Waals surface area contributed by atoms with Crippen LogP contribution in [0.4, 0.5) is 0 Å². The molecule has 0 spiro atoms. The molecule has 0 N–H and O–H groups in total. The average molecular weight is 278 g/mol. The molecule has 4 nitrogen and oxygen atoms in total. The van der Waals surface area contributed by atoms with Crippen molar-refractivity contribution in [2.75, 3.05) is 6.61 Å². The lowest BCUT2D eigenvalue weighted by Gasteiger charge is -2.00. The van der Waals surface area contributed by atoms with Crippen molar-refractivity contribution in [2.45, 2.75) is 12.6 Å². The lowest BCUT2D eigenvalue weighted by molar-refractivity contribution is 0.379. The molecule has 2 heterocycles. The van der Waals surface area contributed by atoms with Crippen molar-refractivity contribution in [1.29, 1.82) is 0 Å². The highest BCUT2D eigenvalue weighted by Crippen LogP contribution is 2.10. The Morgan fingerprint density at radius 3 is 3.25 bits per heavy atom. The van der Waals surface area contributed by atoms with Crippen molar-refractivity contribution in [3.63, 3.8) is 0 Å². The summed E-state index contributed by atoms with van der Waals surface area (Å²) in [7, 11) is 0. The van der Waals surface area contributed by atoms with E-state index in [4.69, 9.17) is 4.74 Å². The number of halogens is 1. The van der Waals surface area contributed by atoms with Crippen LogP contribution in [0.1, 0.15) is 0 Å².